The van der Waals surface area contributed by atoms with Gasteiger partial charge in [0.05, 0.1) is 19.3 Å². The number of H-pyrrole nitrogens is 1. The lowest BCUT2D eigenvalue weighted by Gasteiger charge is -2.30. The molecule has 0 spiro atoms. The van der Waals surface area contributed by atoms with E-state index in [-0.39, 0.29) is 24.4 Å². The Kier molecular flexibility index (Phi) is 3.99. The number of rotatable bonds is 4. The summed E-state index contributed by atoms with van der Waals surface area (Å²) in [6.45, 7) is 1.61. The predicted octanol–water partition coefficient (Wildman–Crippen LogP) is -1.19. The highest BCUT2D eigenvalue weighted by Gasteiger charge is 2.25. The lowest BCUT2D eigenvalue weighted by Crippen LogP contribution is -2.41. The Bertz CT molecular complexity index is 348. The molecule has 0 atom stereocenters. The number of piperidine rings is 1. The summed E-state index contributed by atoms with van der Waals surface area (Å²) < 4.78 is 5.41. The number of amides is 1. The van der Waals surface area contributed by atoms with Gasteiger partial charge in [0.15, 0.2) is 0 Å². The molecule has 2 heterocycles. The van der Waals surface area contributed by atoms with E-state index < -0.39 is 0 Å². The first-order valence-corrected chi connectivity index (χ1v) is 5.56. The number of aromatic nitrogens is 4. The van der Waals surface area contributed by atoms with E-state index in [2.05, 4.69) is 20.6 Å². The second-order valence-corrected chi connectivity index (χ2v) is 3.82. The van der Waals surface area contributed by atoms with Crippen LogP contribution in [0.25, 0.3) is 0 Å². The summed E-state index contributed by atoms with van der Waals surface area (Å²) in [6, 6.07) is 0. The number of aromatic amines is 1. The van der Waals surface area contributed by atoms with E-state index in [4.69, 9.17) is 9.84 Å². The van der Waals surface area contributed by atoms with Crippen molar-refractivity contribution in [2.75, 3.05) is 26.3 Å². The van der Waals surface area contributed by atoms with Crippen LogP contribution in [0.2, 0.25) is 0 Å². The minimum Gasteiger partial charge on any atom is -0.394 e. The third-order valence-corrected chi connectivity index (χ3v) is 2.71. The van der Waals surface area contributed by atoms with Gasteiger partial charge in [-0.1, -0.05) is 0 Å². The van der Waals surface area contributed by atoms with Crippen LogP contribution in [0.15, 0.2) is 0 Å². The van der Waals surface area contributed by atoms with Crippen molar-refractivity contribution in [2.45, 2.75) is 18.9 Å². The smallest absolute Gasteiger partial charge is 0.295 e. The van der Waals surface area contributed by atoms with Crippen LogP contribution >= 0.6 is 0 Å². The number of hydrogen-bond donors (Lipinski definition) is 2. The summed E-state index contributed by atoms with van der Waals surface area (Å²) in [5.41, 5.74) is 0. The van der Waals surface area contributed by atoms with Crippen molar-refractivity contribution in [3.63, 3.8) is 0 Å². The largest absolute Gasteiger partial charge is 0.394 e. The Morgan fingerprint density at radius 3 is 2.88 bits per heavy atom. The SMILES string of the molecule is O=C(c1nn[nH]n1)N1CCC(OCCO)CC1. The van der Waals surface area contributed by atoms with E-state index >= 15 is 0 Å². The summed E-state index contributed by atoms with van der Waals surface area (Å²) >= 11 is 0. The van der Waals surface area contributed by atoms with E-state index in [1.165, 1.54) is 0 Å². The number of ether oxygens (including phenoxy) is 1. The Labute approximate surface area is 97.9 Å². The number of tetrazole rings is 1. The van der Waals surface area contributed by atoms with E-state index in [0.29, 0.717) is 19.7 Å². The van der Waals surface area contributed by atoms with Crippen molar-refractivity contribution in [1.29, 1.82) is 0 Å². The fourth-order valence-corrected chi connectivity index (χ4v) is 1.84. The van der Waals surface area contributed by atoms with E-state index in [9.17, 15) is 4.79 Å². The monoisotopic (exact) mass is 241 g/mol. The number of nitrogens with one attached hydrogen (secondary N) is 1. The summed E-state index contributed by atoms with van der Waals surface area (Å²) in [4.78, 5) is 13.5. The molecule has 94 valence electrons. The minimum absolute atomic E-state index is 0.0298. The van der Waals surface area contributed by atoms with E-state index in [0.717, 1.165) is 12.8 Å². The number of likely N-dealkylation sites (tertiary alicyclic amines) is 1. The maximum atomic E-state index is 11.8. The van der Waals surface area contributed by atoms with E-state index in [1.807, 2.05) is 0 Å². The molecule has 0 saturated carbocycles. The third kappa shape index (κ3) is 2.98. The normalized spacial score (nSPS) is 17.4. The molecule has 0 unspecified atom stereocenters. The molecule has 0 aliphatic carbocycles. The van der Waals surface area contributed by atoms with E-state index in [1.54, 1.807) is 4.90 Å². The molecule has 8 heteroatoms. The second kappa shape index (κ2) is 5.69. The van der Waals surface area contributed by atoms with Crippen LogP contribution < -0.4 is 0 Å². The quantitative estimate of drug-likeness (QED) is 0.687. The van der Waals surface area contributed by atoms with Crippen molar-refractivity contribution < 1.29 is 14.6 Å². The Morgan fingerprint density at radius 2 is 2.29 bits per heavy atom. The van der Waals surface area contributed by atoms with Crippen LogP contribution in [-0.2, 0) is 4.74 Å². The Morgan fingerprint density at radius 1 is 1.53 bits per heavy atom. The van der Waals surface area contributed by atoms with Gasteiger partial charge in [0, 0.05) is 13.1 Å². The summed E-state index contributed by atoms with van der Waals surface area (Å²) in [5, 5.41) is 21.6. The van der Waals surface area contributed by atoms with Gasteiger partial charge in [-0.2, -0.15) is 5.21 Å². The predicted molar refractivity (Wildman–Crippen MR) is 56.1 cm³/mol. The highest BCUT2D eigenvalue weighted by atomic mass is 16.5. The molecule has 1 amide bonds. The van der Waals surface area contributed by atoms with Crippen molar-refractivity contribution in [3.8, 4) is 0 Å². The summed E-state index contributed by atoms with van der Waals surface area (Å²) in [5.74, 6) is -0.112. The molecule has 2 N–H and O–H groups in total. The third-order valence-electron chi connectivity index (χ3n) is 2.71. The van der Waals surface area contributed by atoms with Gasteiger partial charge in [0.25, 0.3) is 11.7 Å². The summed E-state index contributed by atoms with van der Waals surface area (Å²) in [6.07, 6.45) is 1.66. The van der Waals surface area contributed by atoms with Gasteiger partial charge in [-0.3, -0.25) is 4.79 Å². The van der Waals surface area contributed by atoms with Gasteiger partial charge in [-0.25, -0.2) is 0 Å². The zero-order valence-corrected chi connectivity index (χ0v) is 9.37. The minimum atomic E-state index is -0.209. The second-order valence-electron chi connectivity index (χ2n) is 3.82. The molecule has 0 radical (unpaired) electrons. The van der Waals surface area contributed by atoms with Crippen molar-refractivity contribution in [1.82, 2.24) is 25.5 Å². The molecule has 1 aromatic rings. The van der Waals surface area contributed by atoms with Gasteiger partial charge in [-0.05, 0) is 18.1 Å². The topological polar surface area (TPSA) is 104 Å². The highest BCUT2D eigenvalue weighted by Crippen LogP contribution is 2.14. The maximum Gasteiger partial charge on any atom is 0.295 e. The molecule has 0 bridgehead atoms. The van der Waals surface area contributed by atoms with Gasteiger partial charge in [0.2, 0.25) is 0 Å². The van der Waals surface area contributed by atoms with Crippen LogP contribution in [0.3, 0.4) is 0 Å². The van der Waals surface area contributed by atoms with Crippen LogP contribution in [0.1, 0.15) is 23.5 Å². The van der Waals surface area contributed by atoms with Crippen LogP contribution in [0, 0.1) is 0 Å². The molecule has 17 heavy (non-hydrogen) atoms. The van der Waals surface area contributed by atoms with Gasteiger partial charge in [0.1, 0.15) is 0 Å². The fraction of sp³-hybridized carbons (Fsp3) is 0.778. The summed E-state index contributed by atoms with van der Waals surface area (Å²) in [7, 11) is 0. The molecule has 2 rings (SSSR count). The van der Waals surface area contributed by atoms with Crippen LogP contribution in [0.5, 0.6) is 0 Å². The van der Waals surface area contributed by atoms with Crippen LogP contribution in [-0.4, -0.2) is 68.9 Å². The molecular formula is C9H15N5O3. The number of hydrogen-bond acceptors (Lipinski definition) is 6. The number of aliphatic hydroxyl groups is 1. The van der Waals surface area contributed by atoms with Crippen LogP contribution in [0.4, 0.5) is 0 Å². The molecule has 8 nitrogen and oxygen atoms in total. The first-order valence-electron chi connectivity index (χ1n) is 5.56. The highest BCUT2D eigenvalue weighted by molar-refractivity contribution is 5.90. The first-order chi connectivity index (χ1) is 8.31. The number of nitrogens with zero attached hydrogens (tertiary/aromatic N) is 4. The number of carbonyl (C=O) groups is 1. The molecule has 1 aliphatic heterocycles. The fourth-order valence-electron chi connectivity index (χ4n) is 1.84. The zero-order chi connectivity index (χ0) is 12.1. The number of carbonyl (C=O) groups excluding carboxylic acids is 1. The van der Waals surface area contributed by atoms with Crippen molar-refractivity contribution in [3.05, 3.63) is 5.82 Å². The van der Waals surface area contributed by atoms with Crippen molar-refractivity contribution in [2.24, 2.45) is 0 Å². The Hall–Kier alpha value is -1.54. The lowest BCUT2D eigenvalue weighted by atomic mass is 10.1. The molecule has 0 aromatic carbocycles. The molecule has 1 fully saturated rings. The standard InChI is InChI=1S/C9H15N5O3/c15-5-6-17-7-1-3-14(4-2-7)9(16)8-10-12-13-11-8/h7,15H,1-6H2,(H,10,11,12,13). The van der Waals surface area contributed by atoms with Gasteiger partial charge >= 0.3 is 0 Å². The zero-order valence-electron chi connectivity index (χ0n) is 9.37. The van der Waals surface area contributed by atoms with Crippen molar-refractivity contribution >= 4 is 5.91 Å². The number of aliphatic hydroxyl groups excluding tert-OH is 1. The first kappa shape index (κ1) is 11.9. The molecular weight excluding hydrogens is 226 g/mol. The molecule has 1 saturated heterocycles. The maximum absolute atomic E-state index is 11.8. The lowest BCUT2D eigenvalue weighted by molar-refractivity contribution is -0.00576. The average molecular weight is 241 g/mol. The molecule has 1 aromatic heterocycles. The molecule has 1 aliphatic rings. The average Bonchev–Trinajstić information content (AvgIpc) is 2.90. The van der Waals surface area contributed by atoms with Gasteiger partial charge < -0.3 is 14.7 Å². The van der Waals surface area contributed by atoms with Gasteiger partial charge in [-0.15, -0.1) is 10.2 Å². The Balaban J connectivity index is 1.81.